The highest BCUT2D eigenvalue weighted by Gasteiger charge is 2.14. The molecule has 4 nitrogen and oxygen atoms in total. The second-order valence-corrected chi connectivity index (χ2v) is 5.63. The summed E-state index contributed by atoms with van der Waals surface area (Å²) in [5, 5.41) is 0. The summed E-state index contributed by atoms with van der Waals surface area (Å²) in [5.41, 5.74) is 1.44. The molecule has 6 heteroatoms. The number of aromatic nitrogens is 1. The second kappa shape index (κ2) is 5.46. The van der Waals surface area contributed by atoms with Crippen molar-refractivity contribution in [2.45, 2.75) is 18.4 Å². The van der Waals surface area contributed by atoms with Gasteiger partial charge in [0.1, 0.15) is 0 Å². The summed E-state index contributed by atoms with van der Waals surface area (Å²) in [4.78, 5) is 3.51. The van der Waals surface area contributed by atoms with Crippen LogP contribution < -0.4 is 0 Å². The third kappa shape index (κ3) is 3.59. The van der Waals surface area contributed by atoms with Crippen molar-refractivity contribution in [3.8, 4) is 0 Å². The van der Waals surface area contributed by atoms with E-state index in [1.807, 2.05) is 6.92 Å². The van der Waals surface area contributed by atoms with Gasteiger partial charge < -0.3 is 0 Å². The summed E-state index contributed by atoms with van der Waals surface area (Å²) < 4.78 is 41.2. The first-order valence-electron chi connectivity index (χ1n) is 5.54. The zero-order valence-corrected chi connectivity index (χ0v) is 11.0. The van der Waals surface area contributed by atoms with Gasteiger partial charge in [-0.3, -0.25) is 4.18 Å². The predicted molar refractivity (Wildman–Crippen MR) is 67.3 cm³/mol. The number of benzene rings is 1. The minimum Gasteiger partial charge on any atom is -0.261 e. The normalized spacial score (nSPS) is 11.5. The van der Waals surface area contributed by atoms with E-state index in [1.165, 1.54) is 24.4 Å². The SMILES string of the molecule is Cc1ccc(S(=O)(=O)OCc2ccc(F)nc2)cc1. The lowest BCUT2D eigenvalue weighted by molar-refractivity contribution is 0.307. The van der Waals surface area contributed by atoms with Gasteiger partial charge in [-0.2, -0.15) is 12.8 Å². The Balaban J connectivity index is 2.09. The molecule has 2 rings (SSSR count). The van der Waals surface area contributed by atoms with E-state index < -0.39 is 16.1 Å². The highest BCUT2D eigenvalue weighted by molar-refractivity contribution is 7.86. The monoisotopic (exact) mass is 281 g/mol. The van der Waals surface area contributed by atoms with Crippen LogP contribution in [0.1, 0.15) is 11.1 Å². The van der Waals surface area contributed by atoms with Gasteiger partial charge in [-0.05, 0) is 30.7 Å². The highest BCUT2D eigenvalue weighted by atomic mass is 32.2. The van der Waals surface area contributed by atoms with Crippen molar-refractivity contribution >= 4 is 10.1 Å². The van der Waals surface area contributed by atoms with Gasteiger partial charge in [0.05, 0.1) is 11.5 Å². The fourth-order valence-electron chi connectivity index (χ4n) is 1.41. The van der Waals surface area contributed by atoms with Crippen LogP contribution in [-0.2, 0) is 20.9 Å². The first kappa shape index (κ1) is 13.6. The summed E-state index contributed by atoms with van der Waals surface area (Å²) in [5.74, 6) is -0.620. The van der Waals surface area contributed by atoms with Gasteiger partial charge in [0.25, 0.3) is 10.1 Å². The number of hydrogen-bond acceptors (Lipinski definition) is 4. The maximum absolute atomic E-state index is 12.6. The standard InChI is InChI=1S/C13H12FNO3S/c1-10-2-5-12(6-3-10)19(16,17)18-9-11-4-7-13(14)15-8-11/h2-8H,9H2,1H3. The lowest BCUT2D eigenvalue weighted by Gasteiger charge is -2.05. The smallest absolute Gasteiger partial charge is 0.261 e. The summed E-state index contributed by atoms with van der Waals surface area (Å²) in [6, 6.07) is 8.91. The molecule has 1 aromatic carbocycles. The first-order chi connectivity index (χ1) is 8.97. The Labute approximate surface area is 111 Å². The minimum absolute atomic E-state index is 0.0909. The molecular formula is C13H12FNO3S. The van der Waals surface area contributed by atoms with Crippen LogP contribution in [0, 0.1) is 12.9 Å². The Hall–Kier alpha value is -1.79. The second-order valence-electron chi connectivity index (χ2n) is 4.02. The topological polar surface area (TPSA) is 56.3 Å². The fourth-order valence-corrected chi connectivity index (χ4v) is 2.31. The molecule has 0 fully saturated rings. The van der Waals surface area contributed by atoms with Crippen molar-refractivity contribution in [1.82, 2.24) is 4.98 Å². The Morgan fingerprint density at radius 1 is 1.16 bits per heavy atom. The molecule has 100 valence electrons. The van der Waals surface area contributed by atoms with E-state index >= 15 is 0 Å². The maximum Gasteiger partial charge on any atom is 0.297 e. The van der Waals surface area contributed by atoms with E-state index in [9.17, 15) is 12.8 Å². The molecule has 0 N–H and O–H groups in total. The third-order valence-corrected chi connectivity index (χ3v) is 3.76. The van der Waals surface area contributed by atoms with E-state index in [4.69, 9.17) is 4.18 Å². The van der Waals surface area contributed by atoms with Crippen LogP contribution >= 0.6 is 0 Å². The molecule has 1 heterocycles. The molecule has 2 aromatic rings. The molecule has 1 aromatic heterocycles. The van der Waals surface area contributed by atoms with Crippen LogP contribution in [0.2, 0.25) is 0 Å². The molecule has 0 unspecified atom stereocenters. The summed E-state index contributed by atoms with van der Waals surface area (Å²) >= 11 is 0. The van der Waals surface area contributed by atoms with Gasteiger partial charge >= 0.3 is 0 Å². The van der Waals surface area contributed by atoms with Crippen molar-refractivity contribution < 1.29 is 17.0 Å². The molecule has 0 saturated carbocycles. The average Bonchev–Trinajstić information content (AvgIpc) is 2.39. The van der Waals surface area contributed by atoms with Crippen LogP contribution in [0.25, 0.3) is 0 Å². The molecule has 0 amide bonds. The zero-order valence-electron chi connectivity index (χ0n) is 10.2. The molecule has 19 heavy (non-hydrogen) atoms. The summed E-state index contributed by atoms with van der Waals surface area (Å²) in [6.45, 7) is 1.69. The van der Waals surface area contributed by atoms with Gasteiger partial charge in [0.15, 0.2) is 0 Å². The van der Waals surface area contributed by atoms with Crippen molar-refractivity contribution in [2.75, 3.05) is 0 Å². The van der Waals surface area contributed by atoms with Crippen LogP contribution in [0.4, 0.5) is 4.39 Å². The van der Waals surface area contributed by atoms with Crippen molar-refractivity contribution in [3.05, 3.63) is 59.7 Å². The molecule has 0 aliphatic heterocycles. The summed E-state index contributed by atoms with van der Waals surface area (Å²) in [7, 11) is -3.81. The van der Waals surface area contributed by atoms with Crippen LogP contribution in [0.3, 0.4) is 0 Å². The lowest BCUT2D eigenvalue weighted by Crippen LogP contribution is -2.06. The molecule has 0 bridgehead atoms. The Bertz CT molecular complexity index is 651. The summed E-state index contributed by atoms with van der Waals surface area (Å²) in [6.07, 6.45) is 1.24. The van der Waals surface area contributed by atoms with Crippen molar-refractivity contribution in [3.63, 3.8) is 0 Å². The van der Waals surface area contributed by atoms with E-state index in [0.717, 1.165) is 11.6 Å². The number of aryl methyl sites for hydroxylation is 1. The number of pyridine rings is 1. The maximum atomic E-state index is 12.6. The molecule has 0 aliphatic carbocycles. The van der Waals surface area contributed by atoms with Gasteiger partial charge in [-0.25, -0.2) is 4.98 Å². The quantitative estimate of drug-likeness (QED) is 0.638. The fraction of sp³-hybridized carbons (Fsp3) is 0.154. The van der Waals surface area contributed by atoms with Crippen molar-refractivity contribution in [2.24, 2.45) is 0 Å². The molecular weight excluding hydrogens is 269 g/mol. The van der Waals surface area contributed by atoms with Gasteiger partial charge in [0.2, 0.25) is 5.95 Å². The average molecular weight is 281 g/mol. The van der Waals surface area contributed by atoms with Crippen LogP contribution in [0.15, 0.2) is 47.5 Å². The van der Waals surface area contributed by atoms with E-state index in [1.54, 1.807) is 12.1 Å². The highest BCUT2D eigenvalue weighted by Crippen LogP contribution is 2.15. The number of halogens is 1. The number of rotatable bonds is 4. The van der Waals surface area contributed by atoms with E-state index in [0.29, 0.717) is 5.56 Å². The lowest BCUT2D eigenvalue weighted by atomic mass is 10.2. The minimum atomic E-state index is -3.81. The Kier molecular flexibility index (Phi) is 3.92. The van der Waals surface area contributed by atoms with Gasteiger partial charge in [-0.15, -0.1) is 0 Å². The molecule has 0 saturated heterocycles. The molecule has 0 spiro atoms. The molecule has 0 aliphatic rings. The van der Waals surface area contributed by atoms with Crippen LogP contribution in [-0.4, -0.2) is 13.4 Å². The predicted octanol–water partition coefficient (Wildman–Crippen LogP) is 2.43. The number of hydrogen-bond donors (Lipinski definition) is 0. The largest absolute Gasteiger partial charge is 0.297 e. The van der Waals surface area contributed by atoms with Crippen LogP contribution in [0.5, 0.6) is 0 Å². The zero-order chi connectivity index (χ0) is 13.9. The first-order valence-corrected chi connectivity index (χ1v) is 6.95. The van der Waals surface area contributed by atoms with Gasteiger partial charge in [0, 0.05) is 6.20 Å². The van der Waals surface area contributed by atoms with Crippen molar-refractivity contribution in [1.29, 1.82) is 0 Å². The van der Waals surface area contributed by atoms with E-state index in [-0.39, 0.29) is 11.5 Å². The van der Waals surface area contributed by atoms with Gasteiger partial charge in [-0.1, -0.05) is 23.8 Å². The Morgan fingerprint density at radius 2 is 1.84 bits per heavy atom. The molecule has 0 radical (unpaired) electrons. The van der Waals surface area contributed by atoms with E-state index in [2.05, 4.69) is 4.98 Å². The molecule has 0 atom stereocenters. The third-order valence-electron chi connectivity index (χ3n) is 2.48. The Morgan fingerprint density at radius 3 is 2.42 bits per heavy atom. The number of nitrogens with zero attached hydrogens (tertiary/aromatic N) is 1.